The van der Waals surface area contributed by atoms with E-state index in [0.29, 0.717) is 0 Å². The first-order valence-electron chi connectivity index (χ1n) is 4.83. The molecule has 2 aliphatic rings. The highest BCUT2D eigenvalue weighted by molar-refractivity contribution is 7.99. The van der Waals surface area contributed by atoms with Crippen LogP contribution in [0, 0.1) is 5.92 Å². The summed E-state index contributed by atoms with van der Waals surface area (Å²) in [6.07, 6.45) is 1.43. The van der Waals surface area contributed by atoms with E-state index in [1.807, 2.05) is 0 Å². The average molecular weight is 187 g/mol. The van der Waals surface area contributed by atoms with Gasteiger partial charge >= 0.3 is 0 Å². The van der Waals surface area contributed by atoms with Crippen LogP contribution in [0.5, 0.6) is 0 Å². The van der Waals surface area contributed by atoms with Crippen molar-refractivity contribution in [3.05, 3.63) is 0 Å². The second kappa shape index (κ2) is 4.49. The molecule has 2 fully saturated rings. The first-order valence-corrected chi connectivity index (χ1v) is 5.98. The Bertz CT molecular complexity index is 130. The van der Waals surface area contributed by atoms with Crippen LogP contribution in [0.15, 0.2) is 0 Å². The molecule has 1 atom stereocenters. The Labute approximate surface area is 78.6 Å². The maximum absolute atomic E-state index is 5.32. The molecule has 12 heavy (non-hydrogen) atoms. The third-order valence-electron chi connectivity index (χ3n) is 2.64. The second-order valence-electron chi connectivity index (χ2n) is 3.64. The summed E-state index contributed by atoms with van der Waals surface area (Å²) in [7, 11) is 0. The predicted octanol–water partition coefficient (Wildman–Crippen LogP) is 1.07. The molecule has 0 saturated carbocycles. The van der Waals surface area contributed by atoms with Crippen molar-refractivity contribution >= 4 is 11.8 Å². The molecule has 2 heterocycles. The molecule has 2 rings (SSSR count). The van der Waals surface area contributed by atoms with E-state index in [4.69, 9.17) is 4.74 Å². The van der Waals surface area contributed by atoms with Crippen molar-refractivity contribution in [1.29, 1.82) is 0 Å². The Morgan fingerprint density at radius 2 is 2.17 bits per heavy atom. The molecule has 0 radical (unpaired) electrons. The fourth-order valence-corrected chi connectivity index (χ4v) is 3.15. The van der Waals surface area contributed by atoms with Crippen LogP contribution in [0.25, 0.3) is 0 Å². The van der Waals surface area contributed by atoms with Gasteiger partial charge in [-0.2, -0.15) is 11.8 Å². The van der Waals surface area contributed by atoms with Gasteiger partial charge in [-0.3, -0.25) is 4.90 Å². The lowest BCUT2D eigenvalue weighted by Crippen LogP contribution is -2.39. The van der Waals surface area contributed by atoms with Crippen LogP contribution in [0.1, 0.15) is 6.42 Å². The molecule has 0 aromatic rings. The second-order valence-corrected chi connectivity index (χ2v) is 4.79. The van der Waals surface area contributed by atoms with Crippen LogP contribution in [0.2, 0.25) is 0 Å². The van der Waals surface area contributed by atoms with Crippen LogP contribution in [0.3, 0.4) is 0 Å². The summed E-state index contributed by atoms with van der Waals surface area (Å²) in [6.45, 7) is 5.51. The lowest BCUT2D eigenvalue weighted by molar-refractivity contribution is 0.0322. The molecule has 2 aliphatic heterocycles. The van der Waals surface area contributed by atoms with E-state index < -0.39 is 0 Å². The van der Waals surface area contributed by atoms with Crippen molar-refractivity contribution in [2.45, 2.75) is 6.42 Å². The number of morpholine rings is 1. The van der Waals surface area contributed by atoms with E-state index in [1.54, 1.807) is 0 Å². The van der Waals surface area contributed by atoms with Crippen LogP contribution in [-0.2, 0) is 4.74 Å². The average Bonchev–Trinajstić information content (AvgIpc) is 2.59. The molecule has 70 valence electrons. The molecule has 2 saturated heterocycles. The highest BCUT2D eigenvalue weighted by Crippen LogP contribution is 2.24. The summed E-state index contributed by atoms with van der Waals surface area (Å²) < 4.78 is 5.32. The Morgan fingerprint density at radius 1 is 1.33 bits per heavy atom. The minimum atomic E-state index is 0.944. The Balaban J connectivity index is 1.69. The third-order valence-corrected chi connectivity index (χ3v) is 3.88. The summed E-state index contributed by atoms with van der Waals surface area (Å²) in [4.78, 5) is 2.56. The fourth-order valence-electron chi connectivity index (χ4n) is 1.88. The predicted molar refractivity (Wildman–Crippen MR) is 52.7 cm³/mol. The zero-order valence-corrected chi connectivity index (χ0v) is 8.31. The summed E-state index contributed by atoms with van der Waals surface area (Å²) in [5, 5.41) is 0. The van der Waals surface area contributed by atoms with Gasteiger partial charge in [-0.25, -0.2) is 0 Å². The molecule has 1 unspecified atom stereocenters. The van der Waals surface area contributed by atoms with Gasteiger partial charge in [0.15, 0.2) is 0 Å². The normalized spacial score (nSPS) is 32.5. The molecule has 0 N–H and O–H groups in total. The van der Waals surface area contributed by atoms with E-state index >= 15 is 0 Å². The molecule has 0 aromatic carbocycles. The summed E-state index contributed by atoms with van der Waals surface area (Å²) in [5.74, 6) is 3.74. The first-order chi connectivity index (χ1) is 5.95. The van der Waals surface area contributed by atoms with Crippen molar-refractivity contribution in [2.75, 3.05) is 44.4 Å². The Hall–Kier alpha value is 0.270. The topological polar surface area (TPSA) is 12.5 Å². The number of rotatable bonds is 2. The zero-order valence-electron chi connectivity index (χ0n) is 7.50. The van der Waals surface area contributed by atoms with E-state index in [9.17, 15) is 0 Å². The van der Waals surface area contributed by atoms with Crippen LogP contribution >= 0.6 is 11.8 Å². The van der Waals surface area contributed by atoms with E-state index in [2.05, 4.69) is 16.7 Å². The van der Waals surface area contributed by atoms with Crippen LogP contribution in [-0.4, -0.2) is 49.3 Å². The number of hydrogen-bond donors (Lipinski definition) is 0. The summed E-state index contributed by atoms with van der Waals surface area (Å²) in [6, 6.07) is 0. The van der Waals surface area contributed by atoms with Crippen LogP contribution < -0.4 is 0 Å². The minimum absolute atomic E-state index is 0.944. The summed E-state index contributed by atoms with van der Waals surface area (Å²) in [5.41, 5.74) is 0. The van der Waals surface area contributed by atoms with Gasteiger partial charge in [0.05, 0.1) is 13.2 Å². The van der Waals surface area contributed by atoms with Crippen molar-refractivity contribution in [2.24, 2.45) is 5.92 Å². The summed E-state index contributed by atoms with van der Waals surface area (Å²) >= 11 is 2.11. The monoisotopic (exact) mass is 187 g/mol. The standard InChI is InChI=1S/C9H17NOS/c1-6-12-8-9(1)7-10-2-4-11-5-3-10/h9H,1-8H2. The van der Waals surface area contributed by atoms with Gasteiger partial charge < -0.3 is 4.74 Å². The highest BCUT2D eigenvalue weighted by atomic mass is 32.2. The molecule has 0 aliphatic carbocycles. The fraction of sp³-hybridized carbons (Fsp3) is 1.00. The number of nitrogens with zero attached hydrogens (tertiary/aromatic N) is 1. The highest BCUT2D eigenvalue weighted by Gasteiger charge is 2.19. The van der Waals surface area contributed by atoms with Gasteiger partial charge in [0.25, 0.3) is 0 Å². The lowest BCUT2D eigenvalue weighted by atomic mass is 10.1. The Kier molecular flexibility index (Phi) is 3.31. The molecule has 2 nitrogen and oxygen atoms in total. The smallest absolute Gasteiger partial charge is 0.0594 e. The van der Waals surface area contributed by atoms with Crippen molar-refractivity contribution in [3.8, 4) is 0 Å². The maximum atomic E-state index is 5.32. The molecular formula is C9H17NOS. The molecule has 0 spiro atoms. The maximum Gasteiger partial charge on any atom is 0.0594 e. The molecule has 0 amide bonds. The van der Waals surface area contributed by atoms with E-state index in [-0.39, 0.29) is 0 Å². The van der Waals surface area contributed by atoms with Crippen molar-refractivity contribution in [1.82, 2.24) is 4.90 Å². The quantitative estimate of drug-likeness (QED) is 0.641. The van der Waals surface area contributed by atoms with Gasteiger partial charge in [0.1, 0.15) is 0 Å². The number of ether oxygens (including phenoxy) is 1. The van der Waals surface area contributed by atoms with Gasteiger partial charge in [0, 0.05) is 19.6 Å². The van der Waals surface area contributed by atoms with Crippen LogP contribution in [0.4, 0.5) is 0 Å². The van der Waals surface area contributed by atoms with Gasteiger partial charge in [0.2, 0.25) is 0 Å². The van der Waals surface area contributed by atoms with Gasteiger partial charge in [-0.15, -0.1) is 0 Å². The number of thioether (sulfide) groups is 1. The first kappa shape index (κ1) is 8.85. The van der Waals surface area contributed by atoms with E-state index in [0.717, 1.165) is 32.2 Å². The molecular weight excluding hydrogens is 170 g/mol. The Morgan fingerprint density at radius 3 is 2.83 bits per heavy atom. The molecule has 0 aromatic heterocycles. The zero-order chi connectivity index (χ0) is 8.23. The number of hydrogen-bond acceptors (Lipinski definition) is 3. The lowest BCUT2D eigenvalue weighted by Gasteiger charge is -2.28. The van der Waals surface area contributed by atoms with Gasteiger partial charge in [-0.05, 0) is 23.8 Å². The SMILES string of the molecule is C1CN(CC2CCSC2)CCO1. The third kappa shape index (κ3) is 2.38. The largest absolute Gasteiger partial charge is 0.379 e. The van der Waals surface area contributed by atoms with Crippen molar-refractivity contribution < 1.29 is 4.74 Å². The van der Waals surface area contributed by atoms with E-state index in [1.165, 1.54) is 24.5 Å². The minimum Gasteiger partial charge on any atom is -0.379 e. The van der Waals surface area contributed by atoms with Crippen molar-refractivity contribution in [3.63, 3.8) is 0 Å². The van der Waals surface area contributed by atoms with Gasteiger partial charge in [-0.1, -0.05) is 0 Å². The molecule has 3 heteroatoms. The molecule has 0 bridgehead atoms.